The molecule has 70 valence electrons. The molecule has 0 saturated heterocycles. The summed E-state index contributed by atoms with van der Waals surface area (Å²) in [6.45, 7) is 1.58. The van der Waals surface area contributed by atoms with Crippen molar-refractivity contribution in [2.75, 3.05) is 0 Å². The Morgan fingerprint density at radius 3 is 2.64 bits per heavy atom. The lowest BCUT2D eigenvalue weighted by atomic mass is 10.0. The quantitative estimate of drug-likeness (QED) is 0.402. The number of aryl methyl sites for hydroxylation is 1. The van der Waals surface area contributed by atoms with Gasteiger partial charge in [-0.3, -0.25) is 14.9 Å². The van der Waals surface area contributed by atoms with Gasteiger partial charge in [0.15, 0.2) is 6.29 Å². The molecule has 0 aliphatic carbocycles. The molecule has 1 aromatic carbocycles. The second-order valence-corrected chi connectivity index (χ2v) is 2.68. The number of nitrogens with zero attached hydrogens (tertiary/aromatic N) is 2. The van der Waals surface area contributed by atoms with Crippen molar-refractivity contribution in [3.63, 3.8) is 0 Å². The highest BCUT2D eigenvalue weighted by Crippen LogP contribution is 2.24. The van der Waals surface area contributed by atoms with Gasteiger partial charge in [-0.25, -0.2) is 0 Å². The van der Waals surface area contributed by atoms with Crippen LogP contribution in [-0.4, -0.2) is 11.2 Å². The molecule has 14 heavy (non-hydrogen) atoms. The summed E-state index contributed by atoms with van der Waals surface area (Å²) in [5, 5.41) is 19.3. The normalized spacial score (nSPS) is 9.14. The minimum atomic E-state index is -0.713. The van der Waals surface area contributed by atoms with E-state index in [9.17, 15) is 14.9 Å². The highest BCUT2D eigenvalue weighted by Gasteiger charge is 2.20. The summed E-state index contributed by atoms with van der Waals surface area (Å²) >= 11 is 0. The van der Waals surface area contributed by atoms with Gasteiger partial charge in [-0.05, 0) is 18.6 Å². The Labute approximate surface area is 79.7 Å². The van der Waals surface area contributed by atoms with Crippen molar-refractivity contribution in [3.8, 4) is 6.07 Å². The van der Waals surface area contributed by atoms with E-state index in [1.807, 2.05) is 0 Å². The molecule has 0 aliphatic rings. The van der Waals surface area contributed by atoms with Crippen molar-refractivity contribution in [2.45, 2.75) is 6.92 Å². The number of hydrogen-bond donors (Lipinski definition) is 0. The molecule has 0 saturated carbocycles. The van der Waals surface area contributed by atoms with Crippen LogP contribution >= 0.6 is 0 Å². The molecule has 0 atom stereocenters. The van der Waals surface area contributed by atoms with Crippen LogP contribution in [0.15, 0.2) is 12.1 Å². The van der Waals surface area contributed by atoms with Gasteiger partial charge in [0.05, 0.1) is 10.5 Å². The van der Waals surface area contributed by atoms with E-state index in [4.69, 9.17) is 5.26 Å². The van der Waals surface area contributed by atoms with Crippen molar-refractivity contribution < 1.29 is 9.72 Å². The van der Waals surface area contributed by atoms with Crippen LogP contribution in [0.1, 0.15) is 21.5 Å². The Morgan fingerprint density at radius 1 is 1.57 bits per heavy atom. The van der Waals surface area contributed by atoms with Crippen LogP contribution in [0.3, 0.4) is 0 Å². The molecular weight excluding hydrogens is 184 g/mol. The molecule has 0 heterocycles. The molecule has 5 heteroatoms. The molecule has 1 rings (SSSR count). The lowest BCUT2D eigenvalue weighted by Crippen LogP contribution is -1.99. The van der Waals surface area contributed by atoms with Gasteiger partial charge in [-0.1, -0.05) is 6.07 Å². The fourth-order valence-corrected chi connectivity index (χ4v) is 1.14. The maximum Gasteiger partial charge on any atom is 0.297 e. The van der Waals surface area contributed by atoms with Crippen LogP contribution in [0, 0.1) is 28.4 Å². The van der Waals surface area contributed by atoms with Crippen molar-refractivity contribution in [1.82, 2.24) is 0 Å². The van der Waals surface area contributed by atoms with E-state index in [-0.39, 0.29) is 11.1 Å². The van der Waals surface area contributed by atoms with Gasteiger partial charge in [0.2, 0.25) is 0 Å². The second-order valence-electron chi connectivity index (χ2n) is 2.68. The molecule has 0 N–H and O–H groups in total. The first-order valence-electron chi connectivity index (χ1n) is 3.75. The number of hydrogen-bond acceptors (Lipinski definition) is 4. The number of nitro benzene ring substituents is 1. The van der Waals surface area contributed by atoms with E-state index in [1.165, 1.54) is 12.1 Å². The predicted octanol–water partition coefficient (Wildman–Crippen LogP) is 1.59. The van der Waals surface area contributed by atoms with Gasteiger partial charge < -0.3 is 0 Å². The van der Waals surface area contributed by atoms with Gasteiger partial charge >= 0.3 is 0 Å². The van der Waals surface area contributed by atoms with Gasteiger partial charge in [-0.15, -0.1) is 0 Å². The first-order valence-corrected chi connectivity index (χ1v) is 3.75. The van der Waals surface area contributed by atoms with E-state index in [2.05, 4.69) is 0 Å². The zero-order chi connectivity index (χ0) is 10.7. The maximum atomic E-state index is 10.6. The standard InChI is InChI=1S/C9H6N2O3/c1-6-2-3-7(5-12)9(11(13)14)8(6)4-10/h2-3,5H,1H3. The molecule has 0 aromatic heterocycles. The van der Waals surface area contributed by atoms with Crippen molar-refractivity contribution in [2.24, 2.45) is 0 Å². The highest BCUT2D eigenvalue weighted by molar-refractivity contribution is 5.84. The van der Waals surface area contributed by atoms with E-state index in [0.717, 1.165) is 0 Å². The molecular formula is C9H6N2O3. The third kappa shape index (κ3) is 1.45. The lowest BCUT2D eigenvalue weighted by molar-refractivity contribution is -0.385. The molecule has 0 unspecified atom stereocenters. The number of carbonyl (C=O) groups excluding carboxylic acids is 1. The molecule has 0 spiro atoms. The second kappa shape index (κ2) is 3.66. The van der Waals surface area contributed by atoms with Gasteiger partial charge in [0.25, 0.3) is 5.69 Å². The predicted molar refractivity (Wildman–Crippen MR) is 47.9 cm³/mol. The van der Waals surface area contributed by atoms with E-state index in [0.29, 0.717) is 11.8 Å². The van der Waals surface area contributed by atoms with E-state index < -0.39 is 10.6 Å². The summed E-state index contributed by atoms with van der Waals surface area (Å²) in [7, 11) is 0. The highest BCUT2D eigenvalue weighted by atomic mass is 16.6. The minimum Gasteiger partial charge on any atom is -0.298 e. The SMILES string of the molecule is Cc1ccc(C=O)c([N+](=O)[O-])c1C#N. The van der Waals surface area contributed by atoms with Crippen LogP contribution in [0.25, 0.3) is 0 Å². The fraction of sp³-hybridized carbons (Fsp3) is 0.111. The Hall–Kier alpha value is -2.22. The third-order valence-corrected chi connectivity index (χ3v) is 1.84. The van der Waals surface area contributed by atoms with E-state index in [1.54, 1.807) is 13.0 Å². The first kappa shape index (κ1) is 9.86. The topological polar surface area (TPSA) is 84.0 Å². The van der Waals surface area contributed by atoms with Crippen molar-refractivity contribution in [1.29, 1.82) is 5.26 Å². The van der Waals surface area contributed by atoms with Crippen LogP contribution in [0.5, 0.6) is 0 Å². The molecule has 0 aliphatic heterocycles. The Bertz CT molecular complexity index is 446. The summed E-state index contributed by atoms with van der Waals surface area (Å²) in [6.07, 6.45) is 0.373. The molecule has 0 amide bonds. The van der Waals surface area contributed by atoms with Crippen LogP contribution < -0.4 is 0 Å². The van der Waals surface area contributed by atoms with Gasteiger partial charge in [0, 0.05) is 0 Å². The maximum absolute atomic E-state index is 10.6. The summed E-state index contributed by atoms with van der Waals surface area (Å²) in [6, 6.07) is 4.56. The Balaban J connectivity index is 3.62. The monoisotopic (exact) mass is 190 g/mol. The van der Waals surface area contributed by atoms with Gasteiger partial charge in [0.1, 0.15) is 11.6 Å². The summed E-state index contributed by atoms with van der Waals surface area (Å²) in [5.41, 5.74) is -0.0518. The Kier molecular flexibility index (Phi) is 2.58. The summed E-state index contributed by atoms with van der Waals surface area (Å²) in [4.78, 5) is 20.4. The van der Waals surface area contributed by atoms with Crippen molar-refractivity contribution in [3.05, 3.63) is 38.9 Å². The third-order valence-electron chi connectivity index (χ3n) is 1.84. The van der Waals surface area contributed by atoms with Crippen LogP contribution in [0.4, 0.5) is 5.69 Å². The number of rotatable bonds is 2. The largest absolute Gasteiger partial charge is 0.298 e. The molecule has 0 radical (unpaired) electrons. The van der Waals surface area contributed by atoms with E-state index >= 15 is 0 Å². The minimum absolute atomic E-state index is 0.0559. The number of nitro groups is 1. The average Bonchev–Trinajstić information content (AvgIpc) is 2.17. The molecule has 0 bridgehead atoms. The number of nitriles is 1. The van der Waals surface area contributed by atoms with Crippen LogP contribution in [0.2, 0.25) is 0 Å². The zero-order valence-electron chi connectivity index (χ0n) is 7.35. The molecule has 5 nitrogen and oxygen atoms in total. The Morgan fingerprint density at radius 2 is 2.21 bits per heavy atom. The van der Waals surface area contributed by atoms with Crippen LogP contribution in [-0.2, 0) is 0 Å². The average molecular weight is 190 g/mol. The van der Waals surface area contributed by atoms with Gasteiger partial charge in [-0.2, -0.15) is 5.26 Å². The number of aldehydes is 1. The zero-order valence-corrected chi connectivity index (χ0v) is 7.35. The molecule has 1 aromatic rings. The number of carbonyl (C=O) groups is 1. The number of benzene rings is 1. The first-order chi connectivity index (χ1) is 6.61. The smallest absolute Gasteiger partial charge is 0.297 e. The summed E-state index contributed by atoms with van der Waals surface area (Å²) in [5.74, 6) is 0. The fourth-order valence-electron chi connectivity index (χ4n) is 1.14. The lowest BCUT2D eigenvalue weighted by Gasteiger charge is -2.00. The summed E-state index contributed by atoms with van der Waals surface area (Å²) < 4.78 is 0. The molecule has 0 fully saturated rings. The van der Waals surface area contributed by atoms with Crippen molar-refractivity contribution >= 4 is 12.0 Å².